The normalized spacial score (nSPS) is 14.3. The standard InChI is InChI=1S/C13H11N3O4S2/c17-10-6-20-13(19)16(10)4-3-14-11(18)12-15-8(7-22-12)9-2-1-5-21-9/h1-2,5,7H,3-4,6H2,(H,14,18). The smallest absolute Gasteiger partial charge is 0.417 e. The molecule has 0 spiro atoms. The van der Waals surface area contributed by atoms with Gasteiger partial charge in [0.1, 0.15) is 0 Å². The molecule has 0 radical (unpaired) electrons. The van der Waals surface area contributed by atoms with E-state index in [1.165, 1.54) is 11.3 Å². The monoisotopic (exact) mass is 337 g/mol. The van der Waals surface area contributed by atoms with Crippen molar-refractivity contribution < 1.29 is 19.1 Å². The van der Waals surface area contributed by atoms with E-state index in [4.69, 9.17) is 0 Å². The number of hydrogen-bond acceptors (Lipinski definition) is 7. The number of hydrogen-bond donors (Lipinski definition) is 1. The molecule has 0 unspecified atom stereocenters. The van der Waals surface area contributed by atoms with Crippen molar-refractivity contribution in [3.63, 3.8) is 0 Å². The minimum Gasteiger partial charge on any atom is -0.439 e. The van der Waals surface area contributed by atoms with E-state index in [0.29, 0.717) is 5.01 Å². The van der Waals surface area contributed by atoms with Crippen LogP contribution in [0.2, 0.25) is 0 Å². The molecule has 1 fully saturated rings. The van der Waals surface area contributed by atoms with Gasteiger partial charge in [-0.2, -0.15) is 0 Å². The molecule has 0 bridgehead atoms. The molecule has 7 nitrogen and oxygen atoms in total. The first-order chi connectivity index (χ1) is 10.6. The zero-order chi connectivity index (χ0) is 15.5. The number of cyclic esters (lactones) is 1. The van der Waals surface area contributed by atoms with Crippen molar-refractivity contribution in [1.29, 1.82) is 0 Å². The molecule has 114 valence electrons. The number of nitrogens with one attached hydrogen (secondary N) is 1. The molecule has 1 aliphatic rings. The van der Waals surface area contributed by atoms with E-state index >= 15 is 0 Å². The number of aromatic nitrogens is 1. The van der Waals surface area contributed by atoms with Crippen LogP contribution in [0.15, 0.2) is 22.9 Å². The Bertz CT molecular complexity index is 695. The first-order valence-electron chi connectivity index (χ1n) is 6.40. The second-order valence-electron chi connectivity index (χ2n) is 4.37. The Morgan fingerprint density at radius 1 is 1.41 bits per heavy atom. The molecular formula is C13H11N3O4S2. The Kier molecular flexibility index (Phi) is 4.16. The molecule has 9 heteroatoms. The Balaban J connectivity index is 1.54. The molecule has 1 N–H and O–H groups in total. The third-order valence-electron chi connectivity index (χ3n) is 2.93. The average Bonchev–Trinajstić information content (AvgIpc) is 3.22. The number of carbonyl (C=O) groups excluding carboxylic acids is 3. The van der Waals surface area contributed by atoms with Crippen molar-refractivity contribution in [2.24, 2.45) is 0 Å². The zero-order valence-electron chi connectivity index (χ0n) is 11.3. The molecule has 3 rings (SSSR count). The lowest BCUT2D eigenvalue weighted by atomic mass is 10.4. The lowest BCUT2D eigenvalue weighted by Crippen LogP contribution is -2.37. The summed E-state index contributed by atoms with van der Waals surface area (Å²) in [7, 11) is 0. The first kappa shape index (κ1) is 14.7. The van der Waals surface area contributed by atoms with Crippen LogP contribution in [0.4, 0.5) is 4.79 Å². The van der Waals surface area contributed by atoms with Crippen LogP contribution in [0, 0.1) is 0 Å². The number of carbonyl (C=O) groups is 3. The SMILES string of the molecule is O=C(NCCN1C(=O)COC1=O)c1nc(-c2cccs2)cs1. The quantitative estimate of drug-likeness (QED) is 0.895. The highest BCUT2D eigenvalue weighted by Gasteiger charge is 2.30. The van der Waals surface area contributed by atoms with Crippen LogP contribution < -0.4 is 5.32 Å². The number of imide groups is 1. The van der Waals surface area contributed by atoms with Crippen LogP contribution in [0.1, 0.15) is 9.80 Å². The maximum absolute atomic E-state index is 12.0. The molecule has 1 saturated heterocycles. The van der Waals surface area contributed by atoms with Crippen LogP contribution in [0.5, 0.6) is 0 Å². The summed E-state index contributed by atoms with van der Waals surface area (Å²) in [5, 5.41) is 6.75. The largest absolute Gasteiger partial charge is 0.439 e. The van der Waals surface area contributed by atoms with E-state index in [2.05, 4.69) is 15.0 Å². The molecule has 2 aromatic rings. The summed E-state index contributed by atoms with van der Waals surface area (Å²) >= 11 is 2.80. The fraction of sp³-hybridized carbons (Fsp3) is 0.231. The molecule has 0 atom stereocenters. The van der Waals surface area contributed by atoms with Crippen LogP contribution >= 0.6 is 22.7 Å². The molecule has 2 aromatic heterocycles. The molecule has 3 heterocycles. The summed E-state index contributed by atoms with van der Waals surface area (Å²) in [5.74, 6) is -0.721. The van der Waals surface area contributed by atoms with Gasteiger partial charge in [0.15, 0.2) is 11.6 Å². The first-order valence-corrected chi connectivity index (χ1v) is 8.16. The summed E-state index contributed by atoms with van der Waals surface area (Å²) in [5.41, 5.74) is 0.767. The van der Waals surface area contributed by atoms with Crippen molar-refractivity contribution in [1.82, 2.24) is 15.2 Å². The minimum absolute atomic E-state index is 0.0898. The number of thiophene rings is 1. The third-order valence-corrected chi connectivity index (χ3v) is 4.67. The van der Waals surface area contributed by atoms with E-state index < -0.39 is 12.0 Å². The fourth-order valence-electron chi connectivity index (χ4n) is 1.87. The number of nitrogens with zero attached hydrogens (tertiary/aromatic N) is 2. The van der Waals surface area contributed by atoms with Gasteiger partial charge in [-0.3, -0.25) is 9.59 Å². The summed E-state index contributed by atoms with van der Waals surface area (Å²) < 4.78 is 4.58. The van der Waals surface area contributed by atoms with Crippen molar-refractivity contribution in [2.45, 2.75) is 0 Å². The summed E-state index contributed by atoms with van der Waals surface area (Å²) in [6.45, 7) is 0.0174. The van der Waals surface area contributed by atoms with Gasteiger partial charge in [0.25, 0.3) is 11.8 Å². The minimum atomic E-state index is -0.673. The Morgan fingerprint density at radius 2 is 2.27 bits per heavy atom. The van der Waals surface area contributed by atoms with Crippen LogP contribution in [-0.2, 0) is 9.53 Å². The van der Waals surface area contributed by atoms with E-state index in [9.17, 15) is 14.4 Å². The third kappa shape index (κ3) is 3.00. The van der Waals surface area contributed by atoms with Gasteiger partial charge >= 0.3 is 6.09 Å². The lowest BCUT2D eigenvalue weighted by molar-refractivity contribution is -0.125. The topological polar surface area (TPSA) is 88.6 Å². The summed E-state index contributed by atoms with van der Waals surface area (Å²) in [4.78, 5) is 40.8. The average molecular weight is 337 g/mol. The van der Waals surface area contributed by atoms with E-state index in [1.807, 2.05) is 22.9 Å². The molecule has 22 heavy (non-hydrogen) atoms. The van der Waals surface area contributed by atoms with Gasteiger partial charge < -0.3 is 10.1 Å². The Labute approximate surface area is 133 Å². The number of ether oxygens (including phenoxy) is 1. The van der Waals surface area contributed by atoms with Crippen LogP contribution in [0.3, 0.4) is 0 Å². The van der Waals surface area contributed by atoms with E-state index in [-0.39, 0.29) is 25.6 Å². The fourth-order valence-corrected chi connectivity index (χ4v) is 3.36. The highest BCUT2D eigenvalue weighted by molar-refractivity contribution is 7.15. The van der Waals surface area contributed by atoms with E-state index in [1.54, 1.807) is 11.3 Å². The predicted octanol–water partition coefficient (Wildman–Crippen LogP) is 1.58. The van der Waals surface area contributed by atoms with Gasteiger partial charge in [-0.15, -0.1) is 22.7 Å². The lowest BCUT2D eigenvalue weighted by Gasteiger charge is -2.10. The van der Waals surface area contributed by atoms with Gasteiger partial charge in [0.05, 0.1) is 10.6 Å². The number of amides is 3. The molecular weight excluding hydrogens is 326 g/mol. The maximum Gasteiger partial charge on any atom is 0.417 e. The number of thiazole rings is 1. The molecule has 1 aliphatic heterocycles. The number of rotatable bonds is 5. The van der Waals surface area contributed by atoms with Crippen molar-refractivity contribution >= 4 is 40.6 Å². The van der Waals surface area contributed by atoms with Gasteiger partial charge in [0.2, 0.25) is 0 Å². The van der Waals surface area contributed by atoms with Crippen LogP contribution in [-0.4, -0.2) is 47.5 Å². The molecule has 0 saturated carbocycles. The molecule has 0 aromatic carbocycles. The summed E-state index contributed by atoms with van der Waals surface area (Å²) in [6.07, 6.45) is -0.673. The van der Waals surface area contributed by atoms with Gasteiger partial charge in [-0.1, -0.05) is 6.07 Å². The van der Waals surface area contributed by atoms with Crippen LogP contribution in [0.25, 0.3) is 10.6 Å². The van der Waals surface area contributed by atoms with Crippen molar-refractivity contribution in [3.05, 3.63) is 27.9 Å². The van der Waals surface area contributed by atoms with Crippen molar-refractivity contribution in [3.8, 4) is 10.6 Å². The Hall–Kier alpha value is -2.26. The maximum atomic E-state index is 12.0. The predicted molar refractivity (Wildman–Crippen MR) is 80.8 cm³/mol. The molecule has 3 amide bonds. The van der Waals surface area contributed by atoms with Gasteiger partial charge in [-0.05, 0) is 11.4 Å². The highest BCUT2D eigenvalue weighted by atomic mass is 32.1. The van der Waals surface area contributed by atoms with Gasteiger partial charge in [-0.25, -0.2) is 14.7 Å². The van der Waals surface area contributed by atoms with Crippen molar-refractivity contribution in [2.75, 3.05) is 19.7 Å². The highest BCUT2D eigenvalue weighted by Crippen LogP contribution is 2.25. The second kappa shape index (κ2) is 6.24. The Morgan fingerprint density at radius 3 is 2.95 bits per heavy atom. The molecule has 0 aliphatic carbocycles. The zero-order valence-corrected chi connectivity index (χ0v) is 12.9. The summed E-state index contributed by atoms with van der Waals surface area (Å²) in [6, 6.07) is 3.86. The van der Waals surface area contributed by atoms with Gasteiger partial charge in [0, 0.05) is 18.5 Å². The van der Waals surface area contributed by atoms with E-state index in [0.717, 1.165) is 15.5 Å². The second-order valence-corrected chi connectivity index (χ2v) is 6.18.